The number of benzene rings is 1. The van der Waals surface area contributed by atoms with Crippen LogP contribution in [-0.2, 0) is 11.3 Å². The predicted octanol–water partition coefficient (Wildman–Crippen LogP) is 4.61. The van der Waals surface area contributed by atoms with Crippen LogP contribution in [-0.4, -0.2) is 20.6 Å². The number of nitrogens with zero attached hydrogens (tertiary/aromatic N) is 3. The smallest absolute Gasteiger partial charge is 0.146 e. The number of rotatable bonds is 4. The fraction of sp³-hybridized carbons (Fsp3) is 0.294. The third-order valence-electron chi connectivity index (χ3n) is 4.31. The Kier molecular flexibility index (Phi) is 4.26. The Morgan fingerprint density at radius 1 is 1.22 bits per heavy atom. The molecule has 4 rings (SSSR count). The highest BCUT2D eigenvalue weighted by atomic mass is 127. The van der Waals surface area contributed by atoms with E-state index in [0.717, 1.165) is 27.4 Å². The molecule has 1 aliphatic carbocycles. The van der Waals surface area contributed by atoms with E-state index in [0.29, 0.717) is 23.9 Å². The lowest BCUT2D eigenvalue weighted by Gasteiger charge is -2.36. The monoisotopic (exact) mass is 439 g/mol. The lowest BCUT2D eigenvalue weighted by molar-refractivity contribution is -0.0348. The lowest BCUT2D eigenvalue weighted by atomic mass is 9.89. The van der Waals surface area contributed by atoms with Crippen LogP contribution in [0.1, 0.15) is 24.4 Å². The summed E-state index contributed by atoms with van der Waals surface area (Å²) < 4.78 is 9.29. The van der Waals surface area contributed by atoms with Crippen LogP contribution in [0, 0.1) is 3.57 Å². The average molecular weight is 440 g/mol. The molecule has 0 unspecified atom stereocenters. The molecule has 0 amide bonds. The first-order valence-electron chi connectivity index (χ1n) is 7.54. The molecule has 1 fully saturated rings. The van der Waals surface area contributed by atoms with Crippen molar-refractivity contribution < 1.29 is 4.74 Å². The van der Waals surface area contributed by atoms with Gasteiger partial charge >= 0.3 is 0 Å². The van der Waals surface area contributed by atoms with Gasteiger partial charge in [-0.15, -0.1) is 0 Å². The molecule has 118 valence electrons. The van der Waals surface area contributed by atoms with Gasteiger partial charge in [0.25, 0.3) is 0 Å². The molecule has 2 aromatic heterocycles. The normalized spacial score (nSPS) is 20.6. The Morgan fingerprint density at radius 3 is 2.78 bits per heavy atom. The third kappa shape index (κ3) is 2.97. The van der Waals surface area contributed by atoms with E-state index in [1.165, 1.54) is 11.9 Å². The van der Waals surface area contributed by atoms with Crippen LogP contribution in [0.5, 0.6) is 0 Å². The van der Waals surface area contributed by atoms with Crippen molar-refractivity contribution in [2.45, 2.75) is 31.6 Å². The fourth-order valence-corrected chi connectivity index (χ4v) is 4.16. The minimum atomic E-state index is 0.313. The second kappa shape index (κ2) is 6.37. The molecule has 0 radical (unpaired) electrons. The van der Waals surface area contributed by atoms with Crippen molar-refractivity contribution in [3.63, 3.8) is 0 Å². The second-order valence-corrected chi connectivity index (χ2v) is 7.31. The van der Waals surface area contributed by atoms with E-state index in [9.17, 15) is 0 Å². The van der Waals surface area contributed by atoms with Crippen molar-refractivity contribution in [2.75, 3.05) is 0 Å². The Morgan fingerprint density at radius 2 is 2.00 bits per heavy atom. The molecule has 0 aliphatic heterocycles. The zero-order chi connectivity index (χ0) is 15.8. The topological polar surface area (TPSA) is 39.9 Å². The van der Waals surface area contributed by atoms with E-state index in [4.69, 9.17) is 16.3 Å². The molecular weight excluding hydrogens is 425 g/mol. The Hall–Kier alpha value is -1.18. The summed E-state index contributed by atoms with van der Waals surface area (Å²) >= 11 is 8.49. The van der Waals surface area contributed by atoms with E-state index < -0.39 is 0 Å². The van der Waals surface area contributed by atoms with Crippen LogP contribution in [0.2, 0.25) is 5.15 Å². The molecular formula is C17H15ClIN3O. The van der Waals surface area contributed by atoms with Crippen LogP contribution >= 0.6 is 34.2 Å². The summed E-state index contributed by atoms with van der Waals surface area (Å²) in [4.78, 5) is 8.48. The summed E-state index contributed by atoms with van der Waals surface area (Å²) in [7, 11) is 0. The van der Waals surface area contributed by atoms with Crippen molar-refractivity contribution in [2.24, 2.45) is 0 Å². The van der Waals surface area contributed by atoms with Gasteiger partial charge in [0.15, 0.2) is 0 Å². The van der Waals surface area contributed by atoms with Gasteiger partial charge in [0.1, 0.15) is 17.1 Å². The molecule has 0 saturated heterocycles. The maximum absolute atomic E-state index is 6.19. The lowest BCUT2D eigenvalue weighted by Crippen LogP contribution is -2.33. The molecule has 0 bridgehead atoms. The van der Waals surface area contributed by atoms with Crippen LogP contribution in [0.15, 0.2) is 42.9 Å². The predicted molar refractivity (Wildman–Crippen MR) is 98.5 cm³/mol. The minimum Gasteiger partial charge on any atom is -0.373 e. The summed E-state index contributed by atoms with van der Waals surface area (Å²) in [6, 6.07) is 10.7. The van der Waals surface area contributed by atoms with Gasteiger partial charge in [0.2, 0.25) is 0 Å². The number of aromatic nitrogens is 3. The highest BCUT2D eigenvalue weighted by Gasteiger charge is 2.32. The Balaban J connectivity index is 1.43. The largest absolute Gasteiger partial charge is 0.373 e. The van der Waals surface area contributed by atoms with Crippen molar-refractivity contribution in [3.05, 3.63) is 57.1 Å². The quantitative estimate of drug-likeness (QED) is 0.440. The van der Waals surface area contributed by atoms with Gasteiger partial charge in [0.05, 0.1) is 18.1 Å². The van der Waals surface area contributed by atoms with E-state index in [-0.39, 0.29) is 0 Å². The molecule has 0 spiro atoms. The summed E-state index contributed by atoms with van der Waals surface area (Å²) in [5, 5.41) is 1.47. The molecule has 1 aromatic carbocycles. The van der Waals surface area contributed by atoms with Gasteiger partial charge < -0.3 is 9.30 Å². The Bertz CT molecular complexity index is 830. The zero-order valence-electron chi connectivity index (χ0n) is 12.3. The van der Waals surface area contributed by atoms with Crippen LogP contribution in [0.4, 0.5) is 0 Å². The third-order valence-corrected chi connectivity index (χ3v) is 5.41. The number of hydrogen-bond donors (Lipinski definition) is 0. The van der Waals surface area contributed by atoms with Gasteiger partial charge in [-0.25, -0.2) is 9.97 Å². The number of hydrogen-bond acceptors (Lipinski definition) is 3. The highest BCUT2D eigenvalue weighted by molar-refractivity contribution is 14.1. The van der Waals surface area contributed by atoms with E-state index in [1.54, 1.807) is 0 Å². The molecule has 1 aliphatic rings. The molecule has 23 heavy (non-hydrogen) atoms. The standard InChI is InChI=1S/C17H15ClIN3O/c18-16-15-14(19)8-22(17(15)21-10-20-16)12-6-13(7-12)23-9-11-4-2-1-3-5-11/h1-5,8,10,12-13H,6-7,9H2. The maximum atomic E-state index is 6.19. The van der Waals surface area contributed by atoms with Gasteiger partial charge in [-0.1, -0.05) is 41.9 Å². The molecule has 4 nitrogen and oxygen atoms in total. The average Bonchev–Trinajstić information content (AvgIpc) is 2.85. The molecule has 3 aromatic rings. The molecule has 2 heterocycles. The number of ether oxygens (including phenoxy) is 1. The van der Waals surface area contributed by atoms with Gasteiger partial charge in [-0.05, 0) is 41.0 Å². The van der Waals surface area contributed by atoms with Crippen molar-refractivity contribution in [1.82, 2.24) is 14.5 Å². The number of fused-ring (bicyclic) bond motifs is 1. The molecule has 0 atom stereocenters. The maximum Gasteiger partial charge on any atom is 0.146 e. The van der Waals surface area contributed by atoms with Gasteiger partial charge in [-0.2, -0.15) is 0 Å². The summed E-state index contributed by atoms with van der Waals surface area (Å²) in [6.45, 7) is 0.677. The molecule has 1 saturated carbocycles. The van der Waals surface area contributed by atoms with Crippen molar-refractivity contribution in [3.8, 4) is 0 Å². The second-order valence-electron chi connectivity index (χ2n) is 5.79. The summed E-state index contributed by atoms with van der Waals surface area (Å²) in [5.41, 5.74) is 2.14. The van der Waals surface area contributed by atoms with Gasteiger partial charge in [-0.3, -0.25) is 0 Å². The molecule has 6 heteroatoms. The SMILES string of the molecule is Clc1ncnc2c1c(I)cn2C1CC(OCc2ccccc2)C1. The van der Waals surface area contributed by atoms with Crippen molar-refractivity contribution in [1.29, 1.82) is 0 Å². The van der Waals surface area contributed by atoms with Crippen LogP contribution in [0.3, 0.4) is 0 Å². The van der Waals surface area contributed by atoms with Crippen molar-refractivity contribution >= 4 is 45.2 Å². The first kappa shape index (κ1) is 15.4. The Labute approximate surface area is 153 Å². The van der Waals surface area contributed by atoms with Gasteiger partial charge in [0, 0.05) is 15.8 Å². The first-order chi connectivity index (χ1) is 11.2. The van der Waals surface area contributed by atoms with E-state index >= 15 is 0 Å². The fourth-order valence-electron chi connectivity index (χ4n) is 2.97. The van der Waals surface area contributed by atoms with Crippen LogP contribution < -0.4 is 0 Å². The highest BCUT2D eigenvalue weighted by Crippen LogP contribution is 2.39. The summed E-state index contributed by atoms with van der Waals surface area (Å²) in [6.07, 6.45) is 5.97. The van der Waals surface area contributed by atoms with E-state index in [1.807, 2.05) is 18.2 Å². The minimum absolute atomic E-state index is 0.313. The molecule has 0 N–H and O–H groups in total. The summed E-state index contributed by atoms with van der Waals surface area (Å²) in [5.74, 6) is 0. The van der Waals surface area contributed by atoms with E-state index in [2.05, 4.69) is 55.5 Å². The number of halogens is 2. The zero-order valence-corrected chi connectivity index (χ0v) is 15.2. The first-order valence-corrected chi connectivity index (χ1v) is 9.00. The van der Waals surface area contributed by atoms with Crippen LogP contribution in [0.25, 0.3) is 11.0 Å².